The van der Waals surface area contributed by atoms with Gasteiger partial charge in [0.1, 0.15) is 0 Å². The summed E-state index contributed by atoms with van der Waals surface area (Å²) in [6, 6.07) is 0. The van der Waals surface area contributed by atoms with Crippen LogP contribution in [0.4, 0.5) is 0 Å². The van der Waals surface area contributed by atoms with Crippen LogP contribution in [0.25, 0.3) is 0 Å². The molecule has 0 aromatic carbocycles. The summed E-state index contributed by atoms with van der Waals surface area (Å²) in [6.07, 6.45) is 11.9. The largest absolute Gasteiger partial charge is 0.300 e. The summed E-state index contributed by atoms with van der Waals surface area (Å²) < 4.78 is 0. The summed E-state index contributed by atoms with van der Waals surface area (Å²) in [6.45, 7) is 6.29. The van der Waals surface area contributed by atoms with Crippen molar-refractivity contribution in [3.05, 3.63) is 47.6 Å². The van der Waals surface area contributed by atoms with Gasteiger partial charge in [0.25, 0.3) is 0 Å². The SMILES string of the molecule is C/C=C\C=C1/C(=N)C=CC=C1C(C)C. The van der Waals surface area contributed by atoms with E-state index in [9.17, 15) is 0 Å². The number of allylic oxidation sites excluding steroid dienone is 8. The molecule has 0 saturated carbocycles. The van der Waals surface area contributed by atoms with Gasteiger partial charge in [0.05, 0.1) is 5.71 Å². The third-order valence-electron chi connectivity index (χ3n) is 2.22. The fourth-order valence-electron chi connectivity index (χ4n) is 1.46. The second-order valence-corrected chi connectivity index (χ2v) is 3.66. The molecule has 0 aromatic rings. The Morgan fingerprint density at radius 2 is 2.07 bits per heavy atom. The molecule has 0 saturated heterocycles. The smallest absolute Gasteiger partial charge is 0.0615 e. The van der Waals surface area contributed by atoms with Crippen LogP contribution in [0.2, 0.25) is 0 Å². The zero-order valence-electron chi connectivity index (χ0n) is 9.04. The van der Waals surface area contributed by atoms with E-state index in [-0.39, 0.29) is 0 Å². The summed E-state index contributed by atoms with van der Waals surface area (Å²) in [4.78, 5) is 0. The van der Waals surface area contributed by atoms with Gasteiger partial charge < -0.3 is 5.41 Å². The van der Waals surface area contributed by atoms with E-state index in [1.807, 2.05) is 37.3 Å². The second-order valence-electron chi connectivity index (χ2n) is 3.66. The minimum absolute atomic E-state index is 0.469. The van der Waals surface area contributed by atoms with Crippen LogP contribution in [0.1, 0.15) is 20.8 Å². The van der Waals surface area contributed by atoms with Crippen molar-refractivity contribution < 1.29 is 0 Å². The summed E-state index contributed by atoms with van der Waals surface area (Å²) >= 11 is 0. The van der Waals surface area contributed by atoms with Crippen LogP contribution < -0.4 is 0 Å². The van der Waals surface area contributed by atoms with E-state index in [4.69, 9.17) is 5.41 Å². The number of hydrogen-bond donors (Lipinski definition) is 1. The quantitative estimate of drug-likeness (QED) is 0.682. The minimum Gasteiger partial charge on any atom is -0.300 e. The zero-order valence-corrected chi connectivity index (χ0v) is 9.04. The van der Waals surface area contributed by atoms with Gasteiger partial charge in [0, 0.05) is 5.57 Å². The summed E-state index contributed by atoms with van der Waals surface area (Å²) in [5.41, 5.74) is 2.89. The van der Waals surface area contributed by atoms with Crippen molar-refractivity contribution in [3.63, 3.8) is 0 Å². The number of rotatable bonds is 2. The molecule has 1 heteroatoms. The third-order valence-corrected chi connectivity index (χ3v) is 2.22. The van der Waals surface area contributed by atoms with Crippen molar-refractivity contribution in [3.8, 4) is 0 Å². The Morgan fingerprint density at radius 3 is 2.64 bits per heavy atom. The molecule has 0 aliphatic heterocycles. The van der Waals surface area contributed by atoms with Crippen molar-refractivity contribution in [1.29, 1.82) is 5.41 Å². The zero-order chi connectivity index (χ0) is 10.6. The topological polar surface area (TPSA) is 23.9 Å². The molecule has 14 heavy (non-hydrogen) atoms. The lowest BCUT2D eigenvalue weighted by atomic mass is 9.88. The van der Waals surface area contributed by atoms with Crippen molar-refractivity contribution in [2.75, 3.05) is 0 Å². The summed E-state index contributed by atoms with van der Waals surface area (Å²) in [7, 11) is 0. The van der Waals surface area contributed by atoms with E-state index in [1.165, 1.54) is 5.57 Å². The van der Waals surface area contributed by atoms with Gasteiger partial charge in [-0.3, -0.25) is 0 Å². The lowest BCUT2D eigenvalue weighted by Crippen LogP contribution is -2.08. The van der Waals surface area contributed by atoms with E-state index in [2.05, 4.69) is 19.9 Å². The van der Waals surface area contributed by atoms with Gasteiger partial charge in [-0.05, 0) is 24.5 Å². The predicted octanol–water partition coefficient (Wildman–Crippen LogP) is 3.66. The second kappa shape index (κ2) is 4.75. The standard InChI is InChI=1S/C13H17N/c1-4-5-7-12-11(10(2)3)8-6-9-13(12)14/h4-10,14H,1-3H3/b5-4-,12-7-,14-13?. The van der Waals surface area contributed by atoms with Crippen LogP contribution in [0.3, 0.4) is 0 Å². The fourth-order valence-corrected chi connectivity index (χ4v) is 1.46. The summed E-state index contributed by atoms with van der Waals surface area (Å²) in [5, 5.41) is 7.82. The first-order valence-electron chi connectivity index (χ1n) is 4.97. The molecule has 0 amide bonds. The van der Waals surface area contributed by atoms with Gasteiger partial charge in [-0.2, -0.15) is 0 Å². The van der Waals surface area contributed by atoms with Crippen LogP contribution in [0.15, 0.2) is 47.6 Å². The Bertz CT molecular complexity index is 338. The third kappa shape index (κ3) is 2.32. The van der Waals surface area contributed by atoms with E-state index in [0.717, 1.165) is 5.57 Å². The number of hydrogen-bond acceptors (Lipinski definition) is 1. The highest BCUT2D eigenvalue weighted by Gasteiger charge is 2.13. The maximum Gasteiger partial charge on any atom is 0.0615 e. The van der Waals surface area contributed by atoms with Crippen molar-refractivity contribution in [1.82, 2.24) is 0 Å². The fraction of sp³-hybridized carbons (Fsp3) is 0.308. The molecule has 1 aliphatic carbocycles. The minimum atomic E-state index is 0.469. The molecule has 0 spiro atoms. The van der Waals surface area contributed by atoms with E-state index >= 15 is 0 Å². The van der Waals surface area contributed by atoms with Gasteiger partial charge in [0.2, 0.25) is 0 Å². The molecule has 74 valence electrons. The molecule has 1 N–H and O–H groups in total. The molecular weight excluding hydrogens is 170 g/mol. The molecule has 0 heterocycles. The van der Waals surface area contributed by atoms with Gasteiger partial charge >= 0.3 is 0 Å². The monoisotopic (exact) mass is 187 g/mol. The molecular formula is C13H17N. The van der Waals surface area contributed by atoms with E-state index in [0.29, 0.717) is 11.6 Å². The maximum atomic E-state index is 7.82. The van der Waals surface area contributed by atoms with Crippen molar-refractivity contribution in [2.45, 2.75) is 20.8 Å². The summed E-state index contributed by atoms with van der Waals surface area (Å²) in [5.74, 6) is 0.469. The molecule has 1 nitrogen and oxygen atoms in total. The molecule has 1 aliphatic rings. The molecule has 0 aromatic heterocycles. The Hall–Kier alpha value is -1.37. The molecule has 0 unspecified atom stereocenters. The molecule has 0 fully saturated rings. The lowest BCUT2D eigenvalue weighted by Gasteiger charge is -2.17. The normalized spacial score (nSPS) is 19.9. The first kappa shape index (κ1) is 10.7. The first-order valence-corrected chi connectivity index (χ1v) is 4.97. The van der Waals surface area contributed by atoms with Gasteiger partial charge in [-0.15, -0.1) is 0 Å². The highest BCUT2D eigenvalue weighted by Crippen LogP contribution is 2.24. The highest BCUT2D eigenvalue weighted by molar-refractivity contribution is 6.10. The number of nitrogens with one attached hydrogen (secondary N) is 1. The molecule has 1 rings (SSSR count). The van der Waals surface area contributed by atoms with E-state index in [1.54, 1.807) is 0 Å². The van der Waals surface area contributed by atoms with Crippen LogP contribution >= 0.6 is 0 Å². The van der Waals surface area contributed by atoms with Crippen LogP contribution in [-0.4, -0.2) is 5.71 Å². The first-order chi connectivity index (χ1) is 6.66. The Balaban J connectivity index is 3.06. The van der Waals surface area contributed by atoms with Crippen LogP contribution in [0.5, 0.6) is 0 Å². The van der Waals surface area contributed by atoms with Gasteiger partial charge in [-0.25, -0.2) is 0 Å². The Kier molecular flexibility index (Phi) is 3.63. The Labute approximate surface area is 86.0 Å². The molecule has 0 bridgehead atoms. The van der Waals surface area contributed by atoms with Crippen molar-refractivity contribution in [2.24, 2.45) is 5.92 Å². The van der Waals surface area contributed by atoms with Crippen LogP contribution in [0, 0.1) is 11.3 Å². The van der Waals surface area contributed by atoms with E-state index < -0.39 is 0 Å². The molecule has 0 radical (unpaired) electrons. The average molecular weight is 187 g/mol. The average Bonchev–Trinajstić information content (AvgIpc) is 2.15. The van der Waals surface area contributed by atoms with Gasteiger partial charge in [-0.1, -0.05) is 44.2 Å². The molecule has 0 atom stereocenters. The maximum absolute atomic E-state index is 7.82. The Morgan fingerprint density at radius 1 is 1.36 bits per heavy atom. The van der Waals surface area contributed by atoms with Gasteiger partial charge in [0.15, 0.2) is 0 Å². The van der Waals surface area contributed by atoms with Crippen LogP contribution in [-0.2, 0) is 0 Å². The highest BCUT2D eigenvalue weighted by atomic mass is 14.4. The van der Waals surface area contributed by atoms with Crippen molar-refractivity contribution >= 4 is 5.71 Å². The lowest BCUT2D eigenvalue weighted by molar-refractivity contribution is 0.784. The predicted molar refractivity (Wildman–Crippen MR) is 62.7 cm³/mol.